The molecule has 0 saturated heterocycles. The third-order valence-electron chi connectivity index (χ3n) is 1.43. The molecule has 2 N–H and O–H groups in total. The normalized spacial score (nSPS) is 13.1. The lowest BCUT2D eigenvalue weighted by Gasteiger charge is -2.00. The fraction of sp³-hybridized carbons (Fsp3) is 0.167. The minimum Gasteiger partial charge on any atom is -0.343 e. The molecule has 0 aliphatic carbocycles. The molecule has 6 heteroatoms. The van der Waals surface area contributed by atoms with Crippen molar-refractivity contribution in [2.24, 2.45) is 5.73 Å². The van der Waals surface area contributed by atoms with Crippen LogP contribution in [0.4, 0.5) is 0 Å². The van der Waals surface area contributed by atoms with Crippen molar-refractivity contribution in [1.82, 2.24) is 15.1 Å². The maximum Gasteiger partial charge on any atom is 0.213 e. The highest BCUT2D eigenvalue weighted by molar-refractivity contribution is 7.07. The van der Waals surface area contributed by atoms with E-state index in [1.165, 1.54) is 17.7 Å². The molecule has 62 valence electrons. The Bertz CT molecular complexity index is 296. The summed E-state index contributed by atoms with van der Waals surface area (Å²) in [6.07, 6.45) is 1.25. The Morgan fingerprint density at radius 1 is 1.50 bits per heavy atom. The van der Waals surface area contributed by atoms with Crippen LogP contribution >= 0.6 is 11.3 Å². The summed E-state index contributed by atoms with van der Waals surface area (Å²) in [7, 11) is 0. The number of thiazole rings is 1. The van der Waals surface area contributed by atoms with Gasteiger partial charge in [-0.15, -0.1) is 11.3 Å². The molecule has 1 atom stereocenters. The standard InChI is InChI=1S/C6H6N4OS/c7-5(4-1-12-3-9-4)6-8-2-11-10-6/h1-3,5H,7H2. The number of aromatic nitrogens is 3. The highest BCUT2D eigenvalue weighted by Gasteiger charge is 2.14. The highest BCUT2D eigenvalue weighted by atomic mass is 32.1. The summed E-state index contributed by atoms with van der Waals surface area (Å²) in [4.78, 5) is 7.88. The van der Waals surface area contributed by atoms with E-state index in [1.807, 2.05) is 5.38 Å². The molecule has 0 fully saturated rings. The van der Waals surface area contributed by atoms with Gasteiger partial charge in [-0.1, -0.05) is 5.16 Å². The predicted molar refractivity (Wildman–Crippen MR) is 42.4 cm³/mol. The third kappa shape index (κ3) is 1.21. The monoisotopic (exact) mass is 182 g/mol. The number of hydrogen-bond donors (Lipinski definition) is 1. The van der Waals surface area contributed by atoms with Crippen LogP contribution in [-0.4, -0.2) is 15.1 Å². The largest absolute Gasteiger partial charge is 0.343 e. The van der Waals surface area contributed by atoms with Crippen molar-refractivity contribution in [2.75, 3.05) is 0 Å². The third-order valence-corrected chi connectivity index (χ3v) is 2.03. The molecule has 0 aromatic carbocycles. The van der Waals surface area contributed by atoms with Gasteiger partial charge in [0.2, 0.25) is 6.39 Å². The molecule has 2 aromatic rings. The van der Waals surface area contributed by atoms with Gasteiger partial charge in [-0.05, 0) is 0 Å². The van der Waals surface area contributed by atoms with E-state index in [9.17, 15) is 0 Å². The first-order chi connectivity index (χ1) is 5.88. The van der Waals surface area contributed by atoms with Crippen LogP contribution in [-0.2, 0) is 0 Å². The Labute approximate surface area is 72.2 Å². The molecule has 0 bridgehead atoms. The second-order valence-corrected chi connectivity index (χ2v) is 2.90. The molecular formula is C6H6N4OS. The predicted octanol–water partition coefficient (Wildman–Crippen LogP) is 0.574. The van der Waals surface area contributed by atoms with Crippen LogP contribution in [0.1, 0.15) is 17.6 Å². The summed E-state index contributed by atoms with van der Waals surface area (Å²) in [6, 6.07) is -0.380. The van der Waals surface area contributed by atoms with Crippen molar-refractivity contribution in [2.45, 2.75) is 6.04 Å². The summed E-state index contributed by atoms with van der Waals surface area (Å²) < 4.78 is 4.57. The molecular weight excluding hydrogens is 176 g/mol. The topological polar surface area (TPSA) is 77.8 Å². The van der Waals surface area contributed by atoms with Crippen LogP contribution in [0.3, 0.4) is 0 Å². The SMILES string of the molecule is NC(c1cscn1)c1ncon1. The van der Waals surface area contributed by atoms with Crippen LogP contribution in [0.25, 0.3) is 0 Å². The van der Waals surface area contributed by atoms with Gasteiger partial charge in [0.25, 0.3) is 0 Å². The minimum absolute atomic E-state index is 0.380. The Kier molecular flexibility index (Phi) is 1.84. The van der Waals surface area contributed by atoms with Gasteiger partial charge >= 0.3 is 0 Å². The molecule has 5 nitrogen and oxygen atoms in total. The number of nitrogens with zero attached hydrogens (tertiary/aromatic N) is 3. The molecule has 0 spiro atoms. The second-order valence-electron chi connectivity index (χ2n) is 2.18. The molecule has 0 aliphatic rings. The smallest absolute Gasteiger partial charge is 0.213 e. The Morgan fingerprint density at radius 2 is 2.42 bits per heavy atom. The number of nitrogens with two attached hydrogens (primary N) is 1. The van der Waals surface area contributed by atoms with Crippen LogP contribution < -0.4 is 5.73 Å². The summed E-state index contributed by atoms with van der Waals surface area (Å²) in [6.45, 7) is 0. The maximum absolute atomic E-state index is 5.76. The Hall–Kier alpha value is -1.27. The molecule has 0 aliphatic heterocycles. The average molecular weight is 182 g/mol. The van der Waals surface area contributed by atoms with Crippen molar-refractivity contribution in [1.29, 1.82) is 0 Å². The van der Waals surface area contributed by atoms with E-state index in [2.05, 4.69) is 19.6 Å². The van der Waals surface area contributed by atoms with E-state index in [4.69, 9.17) is 5.73 Å². The second kappa shape index (κ2) is 3.00. The molecule has 0 saturated carbocycles. The average Bonchev–Trinajstić information content (AvgIpc) is 2.77. The molecule has 1 unspecified atom stereocenters. The lowest BCUT2D eigenvalue weighted by molar-refractivity contribution is 0.407. The minimum atomic E-state index is -0.380. The molecule has 2 rings (SSSR count). The van der Waals surface area contributed by atoms with Crippen molar-refractivity contribution in [3.63, 3.8) is 0 Å². The first kappa shape index (κ1) is 7.38. The lowest BCUT2D eigenvalue weighted by Crippen LogP contribution is -2.13. The first-order valence-electron chi connectivity index (χ1n) is 3.28. The summed E-state index contributed by atoms with van der Waals surface area (Å²) in [5.41, 5.74) is 8.25. The maximum atomic E-state index is 5.76. The zero-order valence-electron chi connectivity index (χ0n) is 6.04. The fourth-order valence-electron chi connectivity index (χ4n) is 0.824. The quantitative estimate of drug-likeness (QED) is 0.734. The van der Waals surface area contributed by atoms with Crippen LogP contribution in [0.5, 0.6) is 0 Å². The van der Waals surface area contributed by atoms with Crippen LogP contribution in [0.2, 0.25) is 0 Å². The van der Waals surface area contributed by atoms with Crippen molar-refractivity contribution >= 4 is 11.3 Å². The van der Waals surface area contributed by atoms with Gasteiger partial charge < -0.3 is 10.3 Å². The van der Waals surface area contributed by atoms with E-state index in [-0.39, 0.29) is 6.04 Å². The van der Waals surface area contributed by atoms with Crippen LogP contribution in [0, 0.1) is 0 Å². The van der Waals surface area contributed by atoms with Crippen molar-refractivity contribution < 1.29 is 4.52 Å². The first-order valence-corrected chi connectivity index (χ1v) is 4.22. The van der Waals surface area contributed by atoms with Gasteiger partial charge in [0.05, 0.1) is 11.2 Å². The number of hydrogen-bond acceptors (Lipinski definition) is 6. The van der Waals surface area contributed by atoms with E-state index >= 15 is 0 Å². The van der Waals surface area contributed by atoms with Crippen molar-refractivity contribution in [3.8, 4) is 0 Å². The molecule has 0 amide bonds. The van der Waals surface area contributed by atoms with Crippen LogP contribution in [0.15, 0.2) is 21.8 Å². The van der Waals surface area contributed by atoms with E-state index < -0.39 is 0 Å². The molecule has 2 aromatic heterocycles. The molecule has 12 heavy (non-hydrogen) atoms. The zero-order valence-corrected chi connectivity index (χ0v) is 6.86. The summed E-state index contributed by atoms with van der Waals surface area (Å²) in [5.74, 6) is 0.459. The van der Waals surface area contributed by atoms with Gasteiger partial charge in [0, 0.05) is 5.38 Å². The Balaban J connectivity index is 2.27. The fourth-order valence-corrected chi connectivity index (χ4v) is 1.41. The van der Waals surface area contributed by atoms with Gasteiger partial charge in [0.15, 0.2) is 5.82 Å². The van der Waals surface area contributed by atoms with Gasteiger partial charge in [-0.2, -0.15) is 4.98 Å². The molecule has 0 radical (unpaired) electrons. The van der Waals surface area contributed by atoms with Gasteiger partial charge in [-0.3, -0.25) is 0 Å². The summed E-state index contributed by atoms with van der Waals surface area (Å²) in [5, 5.41) is 5.49. The van der Waals surface area contributed by atoms with E-state index in [0.717, 1.165) is 5.69 Å². The zero-order chi connectivity index (χ0) is 8.39. The van der Waals surface area contributed by atoms with Crippen molar-refractivity contribution in [3.05, 3.63) is 28.8 Å². The van der Waals surface area contributed by atoms with E-state index in [1.54, 1.807) is 5.51 Å². The van der Waals surface area contributed by atoms with Gasteiger partial charge in [0.1, 0.15) is 6.04 Å². The lowest BCUT2D eigenvalue weighted by atomic mass is 10.2. The summed E-state index contributed by atoms with van der Waals surface area (Å²) >= 11 is 1.49. The van der Waals surface area contributed by atoms with E-state index in [0.29, 0.717) is 5.82 Å². The highest BCUT2D eigenvalue weighted by Crippen LogP contribution is 2.14. The molecule has 2 heterocycles. The Morgan fingerprint density at radius 3 is 3.00 bits per heavy atom. The number of rotatable bonds is 2. The van der Waals surface area contributed by atoms with Gasteiger partial charge in [-0.25, -0.2) is 4.98 Å².